The molecule has 1 heterocycles. The zero-order valence-corrected chi connectivity index (χ0v) is 13.1. The van der Waals surface area contributed by atoms with E-state index in [9.17, 15) is 9.59 Å². The summed E-state index contributed by atoms with van der Waals surface area (Å²) in [5.74, 6) is -0.701. The van der Waals surface area contributed by atoms with Gasteiger partial charge in [-0.25, -0.2) is 0 Å². The summed E-state index contributed by atoms with van der Waals surface area (Å²) in [6.45, 7) is 7.20. The van der Waals surface area contributed by atoms with Crippen molar-refractivity contribution in [1.29, 1.82) is 0 Å². The lowest BCUT2D eigenvalue weighted by Gasteiger charge is -2.14. The minimum Gasteiger partial charge on any atom is -0.465 e. The summed E-state index contributed by atoms with van der Waals surface area (Å²) in [6, 6.07) is 0. The number of hydrogen-bond donors (Lipinski definition) is 1. The van der Waals surface area contributed by atoms with Crippen LogP contribution in [0.15, 0.2) is 0 Å². The van der Waals surface area contributed by atoms with E-state index in [0.717, 1.165) is 25.7 Å². The highest BCUT2D eigenvalue weighted by molar-refractivity contribution is 5.86. The molecule has 0 radical (unpaired) electrons. The molecule has 0 spiro atoms. The Balaban J connectivity index is 0.00000172. The van der Waals surface area contributed by atoms with Crippen LogP contribution in [0.2, 0.25) is 0 Å². The lowest BCUT2D eigenvalue weighted by molar-refractivity contribution is -0.148. The zero-order chi connectivity index (χ0) is 15.4. The second kappa shape index (κ2) is 11.7. The van der Waals surface area contributed by atoms with Crippen LogP contribution >= 0.6 is 0 Å². The molecule has 1 aliphatic rings. The van der Waals surface area contributed by atoms with Gasteiger partial charge in [0, 0.05) is 19.5 Å². The normalized spacial score (nSPS) is 17.7. The molecule has 5 heteroatoms. The molecular formula is C15H29NO4. The van der Waals surface area contributed by atoms with Crippen molar-refractivity contribution in [2.45, 2.75) is 52.9 Å². The summed E-state index contributed by atoms with van der Waals surface area (Å²) in [5, 5.41) is 8.78. The first-order valence-electron chi connectivity index (χ1n) is 7.74. The zero-order valence-electron chi connectivity index (χ0n) is 13.1. The number of carbonyl (C=O) groups is 2. The maximum Gasteiger partial charge on any atom is 0.311 e. The molecule has 118 valence electrons. The van der Waals surface area contributed by atoms with Crippen LogP contribution in [0.4, 0.5) is 0 Å². The number of nitrogens with zero attached hydrogens (tertiary/aromatic N) is 1. The Hall–Kier alpha value is -1.10. The minimum atomic E-state index is -0.352. The molecule has 1 rings (SSSR count). The average molecular weight is 287 g/mol. The van der Waals surface area contributed by atoms with Gasteiger partial charge in [0.15, 0.2) is 0 Å². The molecule has 0 aliphatic carbocycles. The first kappa shape index (κ1) is 18.9. The summed E-state index contributed by atoms with van der Waals surface area (Å²) in [7, 11) is 0. The fraction of sp³-hybridized carbons (Fsp3) is 0.867. The predicted octanol–water partition coefficient (Wildman–Crippen LogP) is 1.98. The summed E-state index contributed by atoms with van der Waals surface area (Å²) in [5.41, 5.74) is 0. The van der Waals surface area contributed by atoms with Crippen molar-refractivity contribution in [1.82, 2.24) is 4.90 Å². The molecule has 1 N–H and O–H groups in total. The summed E-state index contributed by atoms with van der Waals surface area (Å²) in [6.07, 6.45) is 4.49. The molecule has 0 bridgehead atoms. The van der Waals surface area contributed by atoms with Crippen molar-refractivity contribution < 1.29 is 19.4 Å². The minimum absolute atomic E-state index is 0.0650. The number of ether oxygens (including phenoxy) is 1. The van der Waals surface area contributed by atoms with Gasteiger partial charge in [0.05, 0.1) is 19.1 Å². The molecule has 1 fully saturated rings. The molecule has 1 amide bonds. The highest BCUT2D eigenvalue weighted by atomic mass is 16.5. The third-order valence-corrected chi connectivity index (χ3v) is 3.16. The van der Waals surface area contributed by atoms with Crippen LogP contribution in [0, 0.1) is 5.92 Å². The molecule has 5 nitrogen and oxygen atoms in total. The molecular weight excluding hydrogens is 258 g/mol. The Kier molecular flexibility index (Phi) is 11.1. The molecule has 0 aromatic carbocycles. The number of aliphatic hydroxyl groups is 1. The van der Waals surface area contributed by atoms with E-state index in [-0.39, 0.29) is 30.8 Å². The molecule has 1 aliphatic heterocycles. The fourth-order valence-corrected chi connectivity index (χ4v) is 2.09. The number of amides is 1. The topological polar surface area (TPSA) is 66.8 Å². The van der Waals surface area contributed by atoms with Gasteiger partial charge < -0.3 is 14.7 Å². The van der Waals surface area contributed by atoms with E-state index in [0.29, 0.717) is 19.7 Å². The number of unbranched alkanes of at least 4 members (excludes halogenated alkanes) is 3. The first-order chi connectivity index (χ1) is 9.69. The second-order valence-corrected chi connectivity index (χ2v) is 4.69. The van der Waals surface area contributed by atoms with E-state index in [1.807, 2.05) is 13.8 Å². The van der Waals surface area contributed by atoms with Gasteiger partial charge in [-0.05, 0) is 6.42 Å². The summed E-state index contributed by atoms with van der Waals surface area (Å²) >= 11 is 0. The van der Waals surface area contributed by atoms with E-state index < -0.39 is 0 Å². The lowest BCUT2D eigenvalue weighted by Crippen LogP contribution is -2.29. The van der Waals surface area contributed by atoms with E-state index in [1.54, 1.807) is 0 Å². The van der Waals surface area contributed by atoms with E-state index in [2.05, 4.69) is 6.92 Å². The Bertz CT molecular complexity index is 281. The number of likely N-dealkylation sites (tertiary alicyclic amines) is 1. The Labute approximate surface area is 122 Å². The van der Waals surface area contributed by atoms with Gasteiger partial charge in [-0.2, -0.15) is 0 Å². The van der Waals surface area contributed by atoms with Crippen LogP contribution in [-0.2, 0) is 14.3 Å². The quantitative estimate of drug-likeness (QED) is 0.547. The smallest absolute Gasteiger partial charge is 0.311 e. The van der Waals surface area contributed by atoms with Crippen LogP contribution in [0.25, 0.3) is 0 Å². The summed E-state index contributed by atoms with van der Waals surface area (Å²) < 4.78 is 5.17. The van der Waals surface area contributed by atoms with Crippen LogP contribution in [0.5, 0.6) is 0 Å². The molecule has 20 heavy (non-hydrogen) atoms. The van der Waals surface area contributed by atoms with Crippen molar-refractivity contribution in [3.63, 3.8) is 0 Å². The molecule has 1 atom stereocenters. The van der Waals surface area contributed by atoms with Crippen molar-refractivity contribution >= 4 is 11.9 Å². The number of carbonyl (C=O) groups excluding carboxylic acids is 2. The SMILES string of the molecule is CC.CCCCCCOC(=O)C1CC(=O)N(CCO)C1. The third-order valence-electron chi connectivity index (χ3n) is 3.16. The fourth-order valence-electron chi connectivity index (χ4n) is 2.09. The third kappa shape index (κ3) is 6.89. The molecule has 1 unspecified atom stereocenters. The van der Waals surface area contributed by atoms with Gasteiger partial charge in [-0.15, -0.1) is 0 Å². The maximum absolute atomic E-state index is 11.7. The summed E-state index contributed by atoms with van der Waals surface area (Å²) in [4.78, 5) is 24.7. The number of β-amino-alcohol motifs (C(OH)–C–C–N with tert-alkyl or cyclic N) is 1. The van der Waals surface area contributed by atoms with Crippen molar-refractivity contribution in [3.8, 4) is 0 Å². The lowest BCUT2D eigenvalue weighted by atomic mass is 10.1. The van der Waals surface area contributed by atoms with Gasteiger partial charge in [0.1, 0.15) is 0 Å². The first-order valence-corrected chi connectivity index (χ1v) is 7.74. The number of rotatable bonds is 8. The standard InChI is InChI=1S/C13H23NO4.C2H6/c1-2-3-4-5-8-18-13(17)11-9-12(16)14(10-11)6-7-15;1-2/h11,15H,2-10H2,1H3;1-2H3. The highest BCUT2D eigenvalue weighted by Gasteiger charge is 2.34. The maximum atomic E-state index is 11.7. The van der Waals surface area contributed by atoms with Gasteiger partial charge in [-0.1, -0.05) is 40.0 Å². The molecule has 0 aromatic rings. The van der Waals surface area contributed by atoms with Crippen LogP contribution in [-0.4, -0.2) is 48.2 Å². The predicted molar refractivity (Wildman–Crippen MR) is 78.2 cm³/mol. The van der Waals surface area contributed by atoms with E-state index in [4.69, 9.17) is 9.84 Å². The Morgan fingerprint density at radius 2 is 2.05 bits per heavy atom. The van der Waals surface area contributed by atoms with Gasteiger partial charge in [-0.3, -0.25) is 9.59 Å². The average Bonchev–Trinajstić information content (AvgIpc) is 2.83. The molecule has 0 aromatic heterocycles. The Morgan fingerprint density at radius 1 is 1.35 bits per heavy atom. The largest absolute Gasteiger partial charge is 0.465 e. The number of esters is 1. The monoisotopic (exact) mass is 287 g/mol. The van der Waals surface area contributed by atoms with Crippen molar-refractivity contribution in [2.75, 3.05) is 26.3 Å². The van der Waals surface area contributed by atoms with Crippen molar-refractivity contribution in [3.05, 3.63) is 0 Å². The van der Waals surface area contributed by atoms with Crippen LogP contribution < -0.4 is 0 Å². The highest BCUT2D eigenvalue weighted by Crippen LogP contribution is 2.18. The molecule has 1 saturated heterocycles. The molecule has 0 saturated carbocycles. The van der Waals surface area contributed by atoms with E-state index >= 15 is 0 Å². The van der Waals surface area contributed by atoms with Crippen LogP contribution in [0.1, 0.15) is 52.9 Å². The number of aliphatic hydroxyl groups excluding tert-OH is 1. The van der Waals surface area contributed by atoms with Crippen molar-refractivity contribution in [2.24, 2.45) is 5.92 Å². The van der Waals surface area contributed by atoms with Crippen LogP contribution in [0.3, 0.4) is 0 Å². The Morgan fingerprint density at radius 3 is 2.65 bits per heavy atom. The van der Waals surface area contributed by atoms with Gasteiger partial charge in [0.25, 0.3) is 0 Å². The number of hydrogen-bond acceptors (Lipinski definition) is 4. The second-order valence-electron chi connectivity index (χ2n) is 4.69. The van der Waals surface area contributed by atoms with E-state index in [1.165, 1.54) is 4.90 Å². The van der Waals surface area contributed by atoms with Gasteiger partial charge in [0.2, 0.25) is 5.91 Å². The van der Waals surface area contributed by atoms with Gasteiger partial charge >= 0.3 is 5.97 Å².